The number of likely N-dealkylation sites (tertiary alicyclic amines) is 1. The minimum Gasteiger partial charge on any atom is -0.343 e. The van der Waals surface area contributed by atoms with Gasteiger partial charge in [-0.15, -0.1) is 0 Å². The number of amides is 1. The van der Waals surface area contributed by atoms with E-state index < -0.39 is 0 Å². The predicted molar refractivity (Wildman–Crippen MR) is 84.2 cm³/mol. The molecule has 0 aromatic carbocycles. The highest BCUT2D eigenvalue weighted by Gasteiger charge is 2.29. The normalized spacial score (nSPS) is 18.1. The van der Waals surface area contributed by atoms with E-state index in [1.54, 1.807) is 6.20 Å². The third kappa shape index (κ3) is 3.73. The van der Waals surface area contributed by atoms with Gasteiger partial charge in [-0.3, -0.25) is 14.7 Å². The second-order valence-corrected chi connectivity index (χ2v) is 5.93. The van der Waals surface area contributed by atoms with Gasteiger partial charge in [0.05, 0.1) is 6.54 Å². The van der Waals surface area contributed by atoms with Gasteiger partial charge in [-0.05, 0) is 32.0 Å². The Morgan fingerprint density at radius 1 is 1.43 bits per heavy atom. The van der Waals surface area contributed by atoms with Crippen molar-refractivity contribution in [3.05, 3.63) is 30.3 Å². The molecule has 0 radical (unpaired) electrons. The van der Waals surface area contributed by atoms with Crippen molar-refractivity contribution in [2.45, 2.75) is 19.9 Å². The molecule has 122 valence electrons. The van der Waals surface area contributed by atoms with Gasteiger partial charge in [0.2, 0.25) is 17.6 Å². The number of aromatic nitrogens is 3. The number of pyridine rings is 1. The molecule has 3 heterocycles. The Balaban J connectivity index is 1.56. The van der Waals surface area contributed by atoms with Crippen molar-refractivity contribution >= 4 is 5.91 Å². The van der Waals surface area contributed by atoms with Crippen LogP contribution in [0.3, 0.4) is 0 Å². The highest BCUT2D eigenvalue weighted by atomic mass is 16.5. The van der Waals surface area contributed by atoms with E-state index in [1.165, 1.54) is 0 Å². The Kier molecular flexibility index (Phi) is 4.66. The van der Waals surface area contributed by atoms with Crippen LogP contribution in [0, 0.1) is 5.92 Å². The van der Waals surface area contributed by atoms with Crippen molar-refractivity contribution in [2.24, 2.45) is 5.92 Å². The molecule has 3 rings (SSSR count). The first-order chi connectivity index (χ1) is 11.2. The van der Waals surface area contributed by atoms with Gasteiger partial charge in [0, 0.05) is 32.3 Å². The molecule has 2 aromatic heterocycles. The molecule has 7 nitrogen and oxygen atoms in total. The highest BCUT2D eigenvalue weighted by molar-refractivity contribution is 5.78. The zero-order valence-corrected chi connectivity index (χ0v) is 13.5. The number of carbonyl (C=O) groups excluding carboxylic acids is 1. The largest absolute Gasteiger partial charge is 0.343 e. The maximum atomic E-state index is 11.8. The second-order valence-electron chi connectivity index (χ2n) is 5.93. The average Bonchev–Trinajstić information content (AvgIpc) is 3.14. The fraction of sp³-hybridized carbons (Fsp3) is 0.500. The molecule has 0 spiro atoms. The first kappa shape index (κ1) is 15.6. The lowest BCUT2D eigenvalue weighted by Gasteiger charge is -2.19. The summed E-state index contributed by atoms with van der Waals surface area (Å²) in [7, 11) is 2.00. The first-order valence-corrected chi connectivity index (χ1v) is 7.86. The molecule has 23 heavy (non-hydrogen) atoms. The molecule has 0 N–H and O–H groups in total. The van der Waals surface area contributed by atoms with E-state index in [1.807, 2.05) is 37.1 Å². The van der Waals surface area contributed by atoms with Crippen LogP contribution in [-0.2, 0) is 11.3 Å². The summed E-state index contributed by atoms with van der Waals surface area (Å²) in [5.41, 5.74) is 0.699. The summed E-state index contributed by atoms with van der Waals surface area (Å²) in [5.74, 6) is 1.68. The minimum absolute atomic E-state index is 0.251. The molecule has 0 saturated carbocycles. The van der Waals surface area contributed by atoms with Gasteiger partial charge in [-0.1, -0.05) is 11.2 Å². The van der Waals surface area contributed by atoms with E-state index in [-0.39, 0.29) is 5.91 Å². The fourth-order valence-corrected chi connectivity index (χ4v) is 2.94. The molecule has 1 amide bonds. The van der Waals surface area contributed by atoms with E-state index in [0.717, 1.165) is 19.6 Å². The Morgan fingerprint density at radius 2 is 2.30 bits per heavy atom. The lowest BCUT2D eigenvalue weighted by molar-refractivity contribution is -0.127. The van der Waals surface area contributed by atoms with Crippen LogP contribution < -0.4 is 0 Å². The van der Waals surface area contributed by atoms with Crippen molar-refractivity contribution in [3.8, 4) is 11.5 Å². The monoisotopic (exact) mass is 315 g/mol. The summed E-state index contributed by atoms with van der Waals surface area (Å²) in [5, 5.41) is 3.97. The van der Waals surface area contributed by atoms with Gasteiger partial charge in [0.15, 0.2) is 0 Å². The first-order valence-electron chi connectivity index (χ1n) is 7.86. The number of rotatable bonds is 6. The second kappa shape index (κ2) is 6.87. The van der Waals surface area contributed by atoms with Crippen LogP contribution in [0.5, 0.6) is 0 Å². The minimum atomic E-state index is 0.251. The molecule has 2 aromatic rings. The standard InChI is InChI=1S/C16H21N5O2/c1-3-21-10-12(8-15(21)22)9-20(2)11-14-18-16(19-23-14)13-6-4-5-7-17-13/h4-7,12H,3,8-11H2,1-2H3. The van der Waals surface area contributed by atoms with Crippen molar-refractivity contribution in [2.75, 3.05) is 26.7 Å². The van der Waals surface area contributed by atoms with Crippen molar-refractivity contribution < 1.29 is 9.32 Å². The number of hydrogen-bond donors (Lipinski definition) is 0. The van der Waals surface area contributed by atoms with Crippen molar-refractivity contribution in [1.82, 2.24) is 24.9 Å². The summed E-state index contributed by atoms with van der Waals surface area (Å²) in [6, 6.07) is 5.59. The highest BCUT2D eigenvalue weighted by Crippen LogP contribution is 2.19. The molecule has 1 fully saturated rings. The van der Waals surface area contributed by atoms with Crippen LogP contribution in [0.4, 0.5) is 0 Å². The molecule has 1 aliphatic heterocycles. The van der Waals surface area contributed by atoms with Crippen LogP contribution in [-0.4, -0.2) is 57.5 Å². The maximum Gasteiger partial charge on any atom is 0.241 e. The van der Waals surface area contributed by atoms with Crippen molar-refractivity contribution in [3.63, 3.8) is 0 Å². The Bertz CT molecular complexity index is 658. The topological polar surface area (TPSA) is 75.4 Å². The molecule has 1 aliphatic rings. The van der Waals surface area contributed by atoms with E-state index in [2.05, 4.69) is 20.0 Å². The van der Waals surface area contributed by atoms with Gasteiger partial charge < -0.3 is 9.42 Å². The van der Waals surface area contributed by atoms with Gasteiger partial charge in [0.25, 0.3) is 0 Å². The van der Waals surface area contributed by atoms with E-state index >= 15 is 0 Å². The van der Waals surface area contributed by atoms with Gasteiger partial charge in [0.1, 0.15) is 5.69 Å². The van der Waals surface area contributed by atoms with Gasteiger partial charge in [-0.25, -0.2) is 0 Å². The molecule has 0 aliphatic carbocycles. The smallest absolute Gasteiger partial charge is 0.241 e. The van der Waals surface area contributed by atoms with Crippen LogP contribution in [0.15, 0.2) is 28.9 Å². The van der Waals surface area contributed by atoms with E-state index in [4.69, 9.17) is 4.52 Å². The Hall–Kier alpha value is -2.28. The van der Waals surface area contributed by atoms with Crippen LogP contribution >= 0.6 is 0 Å². The third-order valence-corrected chi connectivity index (χ3v) is 4.01. The average molecular weight is 315 g/mol. The molecule has 7 heteroatoms. The summed E-state index contributed by atoms with van der Waals surface area (Å²) >= 11 is 0. The van der Waals surface area contributed by atoms with Gasteiger partial charge in [-0.2, -0.15) is 4.98 Å². The predicted octanol–water partition coefficient (Wildman–Crippen LogP) is 1.43. The summed E-state index contributed by atoms with van der Waals surface area (Å²) in [6.45, 7) is 5.04. The van der Waals surface area contributed by atoms with Crippen molar-refractivity contribution in [1.29, 1.82) is 0 Å². The lowest BCUT2D eigenvalue weighted by atomic mass is 10.1. The molecule has 0 bridgehead atoms. The van der Waals surface area contributed by atoms with E-state index in [9.17, 15) is 4.79 Å². The Labute approximate surface area is 135 Å². The van der Waals surface area contributed by atoms with Crippen LogP contribution in [0.1, 0.15) is 19.2 Å². The van der Waals surface area contributed by atoms with E-state index in [0.29, 0.717) is 36.3 Å². The summed E-state index contributed by atoms with van der Waals surface area (Å²) in [6.07, 6.45) is 2.33. The maximum absolute atomic E-state index is 11.8. The fourth-order valence-electron chi connectivity index (χ4n) is 2.94. The zero-order valence-electron chi connectivity index (χ0n) is 13.5. The molecule has 1 saturated heterocycles. The molecule has 1 unspecified atom stereocenters. The lowest BCUT2D eigenvalue weighted by Crippen LogP contribution is -2.28. The molecule has 1 atom stereocenters. The van der Waals surface area contributed by atoms with Crippen LogP contribution in [0.25, 0.3) is 11.5 Å². The summed E-state index contributed by atoms with van der Waals surface area (Å²) < 4.78 is 5.30. The number of hydrogen-bond acceptors (Lipinski definition) is 6. The molecular weight excluding hydrogens is 294 g/mol. The van der Waals surface area contributed by atoms with Crippen LogP contribution in [0.2, 0.25) is 0 Å². The zero-order chi connectivity index (χ0) is 16.2. The summed E-state index contributed by atoms with van der Waals surface area (Å²) in [4.78, 5) is 24.4. The Morgan fingerprint density at radius 3 is 3.00 bits per heavy atom. The SMILES string of the molecule is CCN1CC(CN(C)Cc2nc(-c3ccccn3)no2)CC1=O. The number of carbonyl (C=O) groups is 1. The molecular formula is C16H21N5O2. The third-order valence-electron chi connectivity index (χ3n) is 4.01. The van der Waals surface area contributed by atoms with Gasteiger partial charge >= 0.3 is 0 Å². The quantitative estimate of drug-likeness (QED) is 0.803. The number of nitrogens with zero attached hydrogens (tertiary/aromatic N) is 5.